The van der Waals surface area contributed by atoms with Crippen molar-refractivity contribution in [3.05, 3.63) is 0 Å². The van der Waals surface area contributed by atoms with Gasteiger partial charge in [-0.25, -0.2) is 4.99 Å². The SMILES string of the molecule is CCC1(CNC(=NCC(=O)N(C)C)NCCN2CCOCC2)CCCC1. The van der Waals surface area contributed by atoms with Gasteiger partial charge in [-0.2, -0.15) is 0 Å². The molecule has 2 aliphatic rings. The molecule has 0 atom stereocenters. The zero-order valence-corrected chi connectivity index (χ0v) is 16.9. The molecule has 0 radical (unpaired) electrons. The average Bonchev–Trinajstić information content (AvgIpc) is 3.13. The first-order valence-electron chi connectivity index (χ1n) is 10.1. The number of nitrogens with zero attached hydrogens (tertiary/aromatic N) is 3. The average molecular weight is 368 g/mol. The van der Waals surface area contributed by atoms with Gasteiger partial charge in [0.2, 0.25) is 5.91 Å². The van der Waals surface area contributed by atoms with Gasteiger partial charge < -0.3 is 20.3 Å². The van der Waals surface area contributed by atoms with Crippen LogP contribution in [0.3, 0.4) is 0 Å². The second-order valence-corrected chi connectivity index (χ2v) is 7.75. The molecule has 0 aromatic rings. The molecule has 7 nitrogen and oxygen atoms in total. The van der Waals surface area contributed by atoms with Crippen LogP contribution in [0, 0.1) is 5.41 Å². The largest absolute Gasteiger partial charge is 0.379 e. The van der Waals surface area contributed by atoms with Gasteiger partial charge in [-0.05, 0) is 24.7 Å². The molecule has 0 spiro atoms. The van der Waals surface area contributed by atoms with E-state index in [1.165, 1.54) is 32.1 Å². The maximum Gasteiger partial charge on any atom is 0.243 e. The normalized spacial score (nSPS) is 20.8. The Labute approximate surface area is 158 Å². The number of ether oxygens (including phenoxy) is 1. The van der Waals surface area contributed by atoms with Crippen molar-refractivity contribution in [1.82, 2.24) is 20.4 Å². The predicted molar refractivity (Wildman–Crippen MR) is 105 cm³/mol. The number of morpholine rings is 1. The number of carbonyl (C=O) groups is 1. The number of guanidine groups is 1. The molecule has 1 saturated carbocycles. The van der Waals surface area contributed by atoms with Crippen LogP contribution >= 0.6 is 0 Å². The molecule has 7 heteroatoms. The van der Waals surface area contributed by atoms with Gasteiger partial charge in [0.05, 0.1) is 13.2 Å². The number of hydrogen-bond acceptors (Lipinski definition) is 4. The van der Waals surface area contributed by atoms with Gasteiger partial charge in [-0.15, -0.1) is 0 Å². The highest BCUT2D eigenvalue weighted by atomic mass is 16.5. The molecule has 26 heavy (non-hydrogen) atoms. The number of hydrogen-bond donors (Lipinski definition) is 2. The third kappa shape index (κ3) is 6.76. The molecule has 0 aromatic heterocycles. The summed E-state index contributed by atoms with van der Waals surface area (Å²) in [5, 5.41) is 6.92. The molecule has 0 bridgehead atoms. The Bertz CT molecular complexity index is 455. The summed E-state index contributed by atoms with van der Waals surface area (Å²) in [6, 6.07) is 0. The van der Waals surface area contributed by atoms with Crippen molar-refractivity contribution in [3.8, 4) is 0 Å². The van der Waals surface area contributed by atoms with E-state index >= 15 is 0 Å². The van der Waals surface area contributed by atoms with Crippen molar-refractivity contribution in [2.24, 2.45) is 10.4 Å². The highest BCUT2D eigenvalue weighted by Gasteiger charge is 2.31. The lowest BCUT2D eigenvalue weighted by molar-refractivity contribution is -0.127. The molecule has 2 rings (SSSR count). The minimum absolute atomic E-state index is 0.0188. The quantitative estimate of drug-likeness (QED) is 0.493. The lowest BCUT2D eigenvalue weighted by Crippen LogP contribution is -2.47. The molecular weight excluding hydrogens is 330 g/mol. The minimum Gasteiger partial charge on any atom is -0.379 e. The van der Waals surface area contributed by atoms with Gasteiger partial charge in [-0.3, -0.25) is 9.69 Å². The third-order valence-corrected chi connectivity index (χ3v) is 5.74. The van der Waals surface area contributed by atoms with Gasteiger partial charge >= 0.3 is 0 Å². The zero-order valence-electron chi connectivity index (χ0n) is 16.9. The Kier molecular flexibility index (Phi) is 8.65. The molecule has 1 amide bonds. The molecule has 1 saturated heterocycles. The van der Waals surface area contributed by atoms with E-state index in [2.05, 4.69) is 27.4 Å². The van der Waals surface area contributed by atoms with Crippen molar-refractivity contribution >= 4 is 11.9 Å². The van der Waals surface area contributed by atoms with Crippen LogP contribution in [0.1, 0.15) is 39.0 Å². The summed E-state index contributed by atoms with van der Waals surface area (Å²) in [6.45, 7) is 8.78. The van der Waals surface area contributed by atoms with Gasteiger partial charge in [0.1, 0.15) is 6.54 Å². The van der Waals surface area contributed by atoms with E-state index < -0.39 is 0 Å². The first-order chi connectivity index (χ1) is 12.5. The summed E-state index contributed by atoms with van der Waals surface area (Å²) in [7, 11) is 3.53. The summed E-state index contributed by atoms with van der Waals surface area (Å²) in [5.74, 6) is 0.776. The second-order valence-electron chi connectivity index (χ2n) is 7.75. The Balaban J connectivity index is 1.85. The van der Waals surface area contributed by atoms with Crippen molar-refractivity contribution in [2.75, 3.05) is 66.6 Å². The molecule has 150 valence electrons. The van der Waals surface area contributed by atoms with Crippen LogP contribution < -0.4 is 10.6 Å². The van der Waals surface area contributed by atoms with Gasteiger partial charge in [0.15, 0.2) is 5.96 Å². The molecule has 1 heterocycles. The summed E-state index contributed by atoms with van der Waals surface area (Å²) >= 11 is 0. The fraction of sp³-hybridized carbons (Fsp3) is 0.895. The van der Waals surface area contributed by atoms with E-state index in [0.717, 1.165) is 51.9 Å². The fourth-order valence-electron chi connectivity index (χ4n) is 3.67. The standard InChI is InChI=1S/C19H37N5O2/c1-4-19(7-5-6-8-19)16-22-18(21-15-17(25)23(2)3)20-9-10-24-11-13-26-14-12-24/h4-16H2,1-3H3,(H2,20,21,22). The topological polar surface area (TPSA) is 69.2 Å². The number of carbonyl (C=O) groups excluding carboxylic acids is 1. The fourth-order valence-corrected chi connectivity index (χ4v) is 3.67. The smallest absolute Gasteiger partial charge is 0.243 e. The van der Waals surface area contributed by atoms with Crippen molar-refractivity contribution in [1.29, 1.82) is 0 Å². The summed E-state index contributed by atoms with van der Waals surface area (Å²) in [4.78, 5) is 20.4. The number of nitrogens with one attached hydrogen (secondary N) is 2. The highest BCUT2D eigenvalue weighted by molar-refractivity contribution is 5.84. The van der Waals surface area contributed by atoms with Crippen molar-refractivity contribution in [2.45, 2.75) is 39.0 Å². The van der Waals surface area contributed by atoms with Crippen LogP contribution in [0.2, 0.25) is 0 Å². The van der Waals surface area contributed by atoms with Gasteiger partial charge in [0.25, 0.3) is 0 Å². The minimum atomic E-state index is 0.0188. The number of aliphatic imine (C=N–C) groups is 1. The Hall–Kier alpha value is -1.34. The van der Waals surface area contributed by atoms with E-state index in [1.807, 2.05) is 0 Å². The van der Waals surface area contributed by atoms with Crippen LogP contribution in [0.25, 0.3) is 0 Å². The molecule has 1 aliphatic carbocycles. The summed E-state index contributed by atoms with van der Waals surface area (Å²) < 4.78 is 5.39. The Morgan fingerprint density at radius 1 is 1.19 bits per heavy atom. The first-order valence-corrected chi connectivity index (χ1v) is 10.1. The van der Waals surface area contributed by atoms with Crippen molar-refractivity contribution < 1.29 is 9.53 Å². The first kappa shape index (κ1) is 21.0. The van der Waals surface area contributed by atoms with Gasteiger partial charge in [0, 0.05) is 46.8 Å². The molecule has 1 aliphatic heterocycles. The van der Waals surface area contributed by atoms with Crippen LogP contribution in [0.4, 0.5) is 0 Å². The Morgan fingerprint density at radius 3 is 2.50 bits per heavy atom. The molecule has 0 unspecified atom stereocenters. The number of rotatable bonds is 8. The molecule has 0 aromatic carbocycles. The lowest BCUT2D eigenvalue weighted by atomic mass is 9.83. The number of likely N-dealkylation sites (N-methyl/N-ethyl adjacent to an activating group) is 1. The summed E-state index contributed by atoms with van der Waals surface area (Å²) in [6.07, 6.45) is 6.41. The zero-order chi connectivity index (χ0) is 18.8. The van der Waals surface area contributed by atoms with E-state index in [4.69, 9.17) is 4.74 Å². The predicted octanol–water partition coefficient (Wildman–Crippen LogP) is 0.912. The Morgan fingerprint density at radius 2 is 1.88 bits per heavy atom. The van der Waals surface area contributed by atoms with Crippen LogP contribution in [-0.2, 0) is 9.53 Å². The molecule has 2 fully saturated rings. The van der Waals surface area contributed by atoms with Crippen LogP contribution in [0.5, 0.6) is 0 Å². The van der Waals surface area contributed by atoms with E-state index in [0.29, 0.717) is 5.41 Å². The van der Waals surface area contributed by atoms with Crippen molar-refractivity contribution in [3.63, 3.8) is 0 Å². The van der Waals surface area contributed by atoms with Crippen LogP contribution in [-0.4, -0.2) is 88.2 Å². The van der Waals surface area contributed by atoms with E-state index in [-0.39, 0.29) is 12.5 Å². The molecule has 2 N–H and O–H groups in total. The lowest BCUT2D eigenvalue weighted by Gasteiger charge is -2.29. The maximum atomic E-state index is 11.9. The summed E-state index contributed by atoms with van der Waals surface area (Å²) in [5.41, 5.74) is 0.387. The van der Waals surface area contributed by atoms with E-state index in [9.17, 15) is 4.79 Å². The monoisotopic (exact) mass is 367 g/mol. The van der Waals surface area contributed by atoms with Crippen LogP contribution in [0.15, 0.2) is 4.99 Å². The van der Waals surface area contributed by atoms with Gasteiger partial charge in [-0.1, -0.05) is 19.8 Å². The van der Waals surface area contributed by atoms with E-state index in [1.54, 1.807) is 19.0 Å². The number of amides is 1. The maximum absolute atomic E-state index is 11.9. The molecular formula is C19H37N5O2. The second kappa shape index (κ2) is 10.7. The third-order valence-electron chi connectivity index (χ3n) is 5.74. The highest BCUT2D eigenvalue weighted by Crippen LogP contribution is 2.40.